The van der Waals surface area contributed by atoms with E-state index in [2.05, 4.69) is 22.2 Å². The normalized spacial score (nSPS) is 23.9. The zero-order valence-electron chi connectivity index (χ0n) is 13.6. The van der Waals surface area contributed by atoms with Gasteiger partial charge in [0, 0.05) is 18.5 Å². The molecule has 0 saturated carbocycles. The summed E-state index contributed by atoms with van der Waals surface area (Å²) in [6, 6.07) is 0. The Kier molecular flexibility index (Phi) is 6.45. The summed E-state index contributed by atoms with van der Waals surface area (Å²) in [5.41, 5.74) is 5.67. The lowest BCUT2D eigenvalue weighted by atomic mass is 9.84. The number of hydrogen-bond acceptors (Lipinski definition) is 4. The first kappa shape index (κ1) is 16.7. The van der Waals surface area contributed by atoms with Gasteiger partial charge in [0.1, 0.15) is 0 Å². The molecule has 0 atom stereocenters. The largest absolute Gasteiger partial charge is 0.354 e. The number of hydrogen-bond donors (Lipinski definition) is 2. The number of amides is 1. The lowest BCUT2D eigenvalue weighted by Crippen LogP contribution is -2.61. The van der Waals surface area contributed by atoms with E-state index in [9.17, 15) is 4.79 Å². The number of nitrogens with one attached hydrogen (secondary N) is 1. The van der Waals surface area contributed by atoms with E-state index in [1.54, 1.807) is 0 Å². The molecule has 0 unspecified atom stereocenters. The maximum atomic E-state index is 11.9. The van der Waals surface area contributed by atoms with Crippen LogP contribution >= 0.6 is 0 Å². The van der Waals surface area contributed by atoms with Gasteiger partial charge in [-0.1, -0.05) is 6.42 Å². The molecule has 122 valence electrons. The quantitative estimate of drug-likeness (QED) is 0.761. The van der Waals surface area contributed by atoms with Crippen molar-refractivity contribution in [3.8, 4) is 0 Å². The average molecular weight is 296 g/mol. The molecule has 0 radical (unpaired) electrons. The zero-order valence-corrected chi connectivity index (χ0v) is 13.6. The highest BCUT2D eigenvalue weighted by Crippen LogP contribution is 2.30. The van der Waals surface area contributed by atoms with E-state index in [1.807, 2.05) is 0 Å². The maximum Gasteiger partial charge on any atom is 0.220 e. The van der Waals surface area contributed by atoms with Crippen LogP contribution < -0.4 is 11.1 Å². The van der Waals surface area contributed by atoms with E-state index < -0.39 is 0 Å². The fourth-order valence-corrected chi connectivity index (χ4v) is 3.62. The molecule has 2 rings (SSSR count). The van der Waals surface area contributed by atoms with Crippen LogP contribution in [0.5, 0.6) is 0 Å². The van der Waals surface area contributed by atoms with Crippen molar-refractivity contribution in [1.29, 1.82) is 0 Å². The predicted molar refractivity (Wildman–Crippen MR) is 86.2 cm³/mol. The van der Waals surface area contributed by atoms with Crippen molar-refractivity contribution in [3.63, 3.8) is 0 Å². The molecule has 2 saturated heterocycles. The Hall–Kier alpha value is -0.650. The Labute approximate surface area is 129 Å². The van der Waals surface area contributed by atoms with Crippen LogP contribution in [0.15, 0.2) is 0 Å². The Morgan fingerprint density at radius 3 is 2.43 bits per heavy atom. The maximum absolute atomic E-state index is 11.9. The van der Waals surface area contributed by atoms with Gasteiger partial charge in [0.25, 0.3) is 0 Å². The Morgan fingerprint density at radius 2 is 1.81 bits per heavy atom. The van der Waals surface area contributed by atoms with Crippen molar-refractivity contribution >= 4 is 5.91 Å². The van der Waals surface area contributed by atoms with Gasteiger partial charge in [-0.2, -0.15) is 0 Å². The lowest BCUT2D eigenvalue weighted by Gasteiger charge is -2.50. The summed E-state index contributed by atoms with van der Waals surface area (Å²) in [5, 5.41) is 3.19. The van der Waals surface area contributed by atoms with Crippen LogP contribution in [-0.2, 0) is 4.79 Å². The molecule has 0 aromatic carbocycles. The SMILES string of the molecule is CN1CCC(CNC(=O)CCCN)(N2CCCCC2)CC1. The van der Waals surface area contributed by atoms with E-state index in [1.165, 1.54) is 45.2 Å². The van der Waals surface area contributed by atoms with E-state index in [0.29, 0.717) is 13.0 Å². The van der Waals surface area contributed by atoms with E-state index in [4.69, 9.17) is 5.73 Å². The lowest BCUT2D eigenvalue weighted by molar-refractivity contribution is -0.122. The highest BCUT2D eigenvalue weighted by molar-refractivity contribution is 5.75. The van der Waals surface area contributed by atoms with Crippen molar-refractivity contribution in [2.75, 3.05) is 46.3 Å². The Bertz CT molecular complexity index is 320. The molecule has 0 aliphatic carbocycles. The monoisotopic (exact) mass is 296 g/mol. The van der Waals surface area contributed by atoms with Crippen LogP contribution in [0.4, 0.5) is 0 Å². The number of rotatable bonds is 6. The first-order chi connectivity index (χ1) is 10.2. The first-order valence-corrected chi connectivity index (χ1v) is 8.57. The van der Waals surface area contributed by atoms with E-state index >= 15 is 0 Å². The second-order valence-corrected chi connectivity index (χ2v) is 6.74. The van der Waals surface area contributed by atoms with Gasteiger partial charge in [-0.05, 0) is 71.9 Å². The third-order valence-electron chi connectivity index (χ3n) is 5.17. The summed E-state index contributed by atoms with van der Waals surface area (Å²) in [6.07, 6.45) is 7.64. The average Bonchev–Trinajstić information content (AvgIpc) is 2.53. The molecule has 2 fully saturated rings. The van der Waals surface area contributed by atoms with Gasteiger partial charge in [0.05, 0.1) is 0 Å². The summed E-state index contributed by atoms with van der Waals surface area (Å²) >= 11 is 0. The Balaban J connectivity index is 1.93. The van der Waals surface area contributed by atoms with Crippen molar-refractivity contribution < 1.29 is 4.79 Å². The summed E-state index contributed by atoms with van der Waals surface area (Å²) < 4.78 is 0. The van der Waals surface area contributed by atoms with Crippen LogP contribution in [0, 0.1) is 0 Å². The second-order valence-electron chi connectivity index (χ2n) is 6.74. The van der Waals surface area contributed by atoms with Gasteiger partial charge in [0.2, 0.25) is 5.91 Å². The smallest absolute Gasteiger partial charge is 0.220 e. The summed E-state index contributed by atoms with van der Waals surface area (Å²) in [6.45, 7) is 6.06. The van der Waals surface area contributed by atoms with Crippen LogP contribution in [0.25, 0.3) is 0 Å². The molecule has 5 nitrogen and oxygen atoms in total. The standard InChI is InChI=1S/C16H32N4O/c1-19-12-7-16(8-13-19,20-10-3-2-4-11-20)14-18-15(21)6-5-9-17/h2-14,17H2,1H3,(H,18,21). The molecule has 0 spiro atoms. The van der Waals surface area contributed by atoms with Crippen molar-refractivity contribution in [3.05, 3.63) is 0 Å². The molecule has 2 aliphatic heterocycles. The highest BCUT2D eigenvalue weighted by Gasteiger charge is 2.39. The summed E-state index contributed by atoms with van der Waals surface area (Å²) in [7, 11) is 2.19. The molecule has 3 N–H and O–H groups in total. The molecular weight excluding hydrogens is 264 g/mol. The summed E-state index contributed by atoms with van der Waals surface area (Å²) in [4.78, 5) is 17.0. The van der Waals surface area contributed by atoms with Gasteiger partial charge in [0.15, 0.2) is 0 Å². The van der Waals surface area contributed by atoms with E-state index in [-0.39, 0.29) is 11.4 Å². The number of carbonyl (C=O) groups is 1. The van der Waals surface area contributed by atoms with Crippen LogP contribution in [0.2, 0.25) is 0 Å². The van der Waals surface area contributed by atoms with Crippen molar-refractivity contribution in [1.82, 2.24) is 15.1 Å². The fraction of sp³-hybridized carbons (Fsp3) is 0.938. The van der Waals surface area contributed by atoms with Gasteiger partial charge in [-0.25, -0.2) is 0 Å². The Morgan fingerprint density at radius 1 is 1.14 bits per heavy atom. The molecule has 21 heavy (non-hydrogen) atoms. The predicted octanol–water partition coefficient (Wildman–Crippen LogP) is 0.792. The summed E-state index contributed by atoms with van der Waals surface area (Å²) in [5.74, 6) is 0.163. The second kappa shape index (κ2) is 8.11. The molecule has 5 heteroatoms. The van der Waals surface area contributed by atoms with Gasteiger partial charge < -0.3 is 16.0 Å². The topological polar surface area (TPSA) is 61.6 Å². The number of likely N-dealkylation sites (tertiary alicyclic amines) is 2. The first-order valence-electron chi connectivity index (χ1n) is 8.57. The highest BCUT2D eigenvalue weighted by atomic mass is 16.1. The molecule has 1 amide bonds. The number of nitrogens with two attached hydrogens (primary N) is 1. The number of carbonyl (C=O) groups excluding carboxylic acids is 1. The molecule has 2 heterocycles. The number of piperidine rings is 2. The van der Waals surface area contributed by atoms with Crippen LogP contribution in [-0.4, -0.2) is 67.6 Å². The molecule has 0 aromatic rings. The fourth-order valence-electron chi connectivity index (χ4n) is 3.62. The third kappa shape index (κ3) is 4.66. The molecule has 2 aliphatic rings. The van der Waals surface area contributed by atoms with Gasteiger partial charge in [-0.15, -0.1) is 0 Å². The van der Waals surface area contributed by atoms with E-state index in [0.717, 1.165) is 26.1 Å². The van der Waals surface area contributed by atoms with Crippen molar-refractivity contribution in [2.24, 2.45) is 5.73 Å². The van der Waals surface area contributed by atoms with Gasteiger partial charge >= 0.3 is 0 Å². The van der Waals surface area contributed by atoms with Crippen molar-refractivity contribution in [2.45, 2.75) is 50.5 Å². The number of nitrogens with zero attached hydrogens (tertiary/aromatic N) is 2. The minimum atomic E-state index is 0.163. The van der Waals surface area contributed by atoms with Gasteiger partial charge in [-0.3, -0.25) is 9.69 Å². The zero-order chi connectivity index (χ0) is 15.1. The molecule has 0 aromatic heterocycles. The van der Waals surface area contributed by atoms with Crippen LogP contribution in [0.3, 0.4) is 0 Å². The molecular formula is C16H32N4O. The molecule has 0 bridgehead atoms. The minimum Gasteiger partial charge on any atom is -0.354 e. The third-order valence-corrected chi connectivity index (χ3v) is 5.17. The van der Waals surface area contributed by atoms with Crippen LogP contribution in [0.1, 0.15) is 44.9 Å². The minimum absolute atomic E-state index is 0.163.